The summed E-state index contributed by atoms with van der Waals surface area (Å²) >= 11 is 0. The fourth-order valence-corrected chi connectivity index (χ4v) is 3.42. The maximum absolute atomic E-state index is 13.2. The number of fused-ring (bicyclic) bond motifs is 2. The first-order valence-electron chi connectivity index (χ1n) is 8.99. The van der Waals surface area contributed by atoms with Crippen molar-refractivity contribution in [2.75, 3.05) is 26.7 Å². The quantitative estimate of drug-likeness (QED) is 0.792. The number of rotatable bonds is 1. The summed E-state index contributed by atoms with van der Waals surface area (Å²) < 4.78 is 50.8. The van der Waals surface area contributed by atoms with E-state index in [-0.39, 0.29) is 17.5 Å². The van der Waals surface area contributed by atoms with Crippen molar-refractivity contribution in [2.45, 2.75) is 19.1 Å². The van der Waals surface area contributed by atoms with E-state index in [2.05, 4.69) is 22.1 Å². The van der Waals surface area contributed by atoms with E-state index >= 15 is 0 Å². The molecule has 1 saturated heterocycles. The first-order chi connectivity index (χ1) is 13.3. The van der Waals surface area contributed by atoms with Crippen molar-refractivity contribution in [3.05, 3.63) is 47.5 Å². The zero-order valence-corrected chi connectivity index (χ0v) is 15.5. The number of aliphatic imine (C=N–C) groups is 1. The van der Waals surface area contributed by atoms with Gasteiger partial charge in [-0.15, -0.1) is 0 Å². The highest BCUT2D eigenvalue weighted by atomic mass is 19.4. The highest BCUT2D eigenvalue weighted by molar-refractivity contribution is 6.04. The molecule has 1 fully saturated rings. The molecular weight excluding hydrogens is 371 g/mol. The van der Waals surface area contributed by atoms with Gasteiger partial charge in [-0.25, -0.2) is 4.99 Å². The smallest absolute Gasteiger partial charge is 0.416 e. The lowest BCUT2D eigenvalue weighted by atomic mass is 10.1. The van der Waals surface area contributed by atoms with Gasteiger partial charge in [-0.2, -0.15) is 13.2 Å². The Balaban J connectivity index is 1.87. The van der Waals surface area contributed by atoms with E-state index in [4.69, 9.17) is 9.47 Å². The van der Waals surface area contributed by atoms with Crippen LogP contribution in [-0.2, 0) is 6.18 Å². The van der Waals surface area contributed by atoms with E-state index in [1.54, 1.807) is 19.2 Å². The lowest BCUT2D eigenvalue weighted by Crippen LogP contribution is -2.51. The van der Waals surface area contributed by atoms with Crippen LogP contribution in [-0.4, -0.2) is 43.5 Å². The van der Waals surface area contributed by atoms with Crippen LogP contribution in [0.2, 0.25) is 0 Å². The largest absolute Gasteiger partial charge is 0.497 e. The molecule has 4 rings (SSSR count). The van der Waals surface area contributed by atoms with Gasteiger partial charge in [0.1, 0.15) is 23.0 Å². The maximum atomic E-state index is 13.2. The van der Waals surface area contributed by atoms with Crippen molar-refractivity contribution in [1.29, 1.82) is 0 Å². The van der Waals surface area contributed by atoms with E-state index in [0.717, 1.165) is 24.2 Å². The molecule has 1 unspecified atom stereocenters. The number of hydrogen-bond acceptors (Lipinski definition) is 5. The number of benzene rings is 2. The van der Waals surface area contributed by atoms with Crippen LogP contribution < -0.4 is 14.8 Å². The third-order valence-corrected chi connectivity index (χ3v) is 4.83. The number of amidine groups is 1. The summed E-state index contributed by atoms with van der Waals surface area (Å²) in [5.74, 6) is 1.98. The molecule has 1 N–H and O–H groups in total. The molecule has 2 aliphatic heterocycles. The molecule has 2 heterocycles. The average Bonchev–Trinajstić information content (AvgIpc) is 2.82. The number of methoxy groups -OCH3 is 1. The van der Waals surface area contributed by atoms with Crippen LogP contribution in [0.3, 0.4) is 0 Å². The van der Waals surface area contributed by atoms with Crippen molar-refractivity contribution in [3.8, 4) is 17.2 Å². The van der Waals surface area contributed by atoms with Crippen LogP contribution in [0.25, 0.3) is 0 Å². The topological polar surface area (TPSA) is 46.1 Å². The van der Waals surface area contributed by atoms with Crippen LogP contribution >= 0.6 is 0 Å². The Morgan fingerprint density at radius 3 is 2.71 bits per heavy atom. The molecule has 0 aliphatic carbocycles. The first kappa shape index (κ1) is 18.6. The zero-order chi connectivity index (χ0) is 19.9. The van der Waals surface area contributed by atoms with Gasteiger partial charge >= 0.3 is 6.18 Å². The molecule has 2 aromatic carbocycles. The van der Waals surface area contributed by atoms with Gasteiger partial charge in [0.05, 0.1) is 18.2 Å². The van der Waals surface area contributed by atoms with E-state index in [1.165, 1.54) is 6.07 Å². The average molecular weight is 391 g/mol. The fourth-order valence-electron chi connectivity index (χ4n) is 3.42. The van der Waals surface area contributed by atoms with Gasteiger partial charge in [-0.3, -0.25) is 0 Å². The second-order valence-corrected chi connectivity index (χ2v) is 6.88. The van der Waals surface area contributed by atoms with Crippen LogP contribution in [0, 0.1) is 0 Å². The van der Waals surface area contributed by atoms with E-state index in [0.29, 0.717) is 30.4 Å². The molecule has 2 aliphatic rings. The Kier molecular flexibility index (Phi) is 4.66. The number of ether oxygens (including phenoxy) is 2. The molecular formula is C20H20F3N3O2. The summed E-state index contributed by atoms with van der Waals surface area (Å²) in [6, 6.07) is 8.94. The van der Waals surface area contributed by atoms with Gasteiger partial charge < -0.3 is 19.7 Å². The second-order valence-electron chi connectivity index (χ2n) is 6.88. The Morgan fingerprint density at radius 1 is 1.18 bits per heavy atom. The van der Waals surface area contributed by atoms with E-state index < -0.39 is 11.7 Å². The minimum atomic E-state index is -4.45. The molecule has 0 spiro atoms. The molecule has 2 aromatic rings. The summed E-state index contributed by atoms with van der Waals surface area (Å²) in [5, 5.41) is 3.36. The predicted octanol–water partition coefficient (Wildman–Crippen LogP) is 4.19. The standard InChI is InChI=1S/C20H20F3N3O2/c1-12-11-26(8-7-24-12)19-15-5-4-14(27-2)10-18(15)28-17-6-3-13(20(21,22)23)9-16(17)25-19/h3-6,9-10,12,24H,7-8,11H2,1-2H3. The van der Waals surface area contributed by atoms with Gasteiger partial charge in [0, 0.05) is 31.7 Å². The summed E-state index contributed by atoms with van der Waals surface area (Å²) in [4.78, 5) is 6.69. The molecule has 1 atom stereocenters. The summed E-state index contributed by atoms with van der Waals surface area (Å²) in [5.41, 5.74) is 0.126. The van der Waals surface area contributed by atoms with E-state index in [1.807, 2.05) is 6.07 Å². The fraction of sp³-hybridized carbons (Fsp3) is 0.350. The minimum absolute atomic E-state index is 0.158. The SMILES string of the molecule is COc1ccc2c(c1)Oc1ccc(C(F)(F)F)cc1N=C2N1CCNC(C)C1. The Hall–Kier alpha value is -2.74. The number of piperazine rings is 1. The van der Waals surface area contributed by atoms with Gasteiger partial charge in [-0.05, 0) is 37.3 Å². The van der Waals surface area contributed by atoms with Gasteiger partial charge in [-0.1, -0.05) is 0 Å². The number of halogens is 3. The zero-order valence-electron chi connectivity index (χ0n) is 15.5. The van der Waals surface area contributed by atoms with Crippen LogP contribution in [0.15, 0.2) is 41.4 Å². The lowest BCUT2D eigenvalue weighted by molar-refractivity contribution is -0.137. The summed E-state index contributed by atoms with van der Waals surface area (Å²) in [7, 11) is 1.55. The van der Waals surface area contributed by atoms with Crippen LogP contribution in [0.5, 0.6) is 17.2 Å². The molecule has 0 saturated carbocycles. The van der Waals surface area contributed by atoms with Crippen molar-refractivity contribution >= 4 is 11.5 Å². The molecule has 28 heavy (non-hydrogen) atoms. The third-order valence-electron chi connectivity index (χ3n) is 4.83. The Morgan fingerprint density at radius 2 is 2.00 bits per heavy atom. The molecule has 0 radical (unpaired) electrons. The molecule has 148 valence electrons. The third kappa shape index (κ3) is 3.52. The summed E-state index contributed by atoms with van der Waals surface area (Å²) in [6.45, 7) is 4.22. The van der Waals surface area contributed by atoms with Crippen molar-refractivity contribution in [3.63, 3.8) is 0 Å². The number of nitrogens with zero attached hydrogens (tertiary/aromatic N) is 2. The lowest BCUT2D eigenvalue weighted by Gasteiger charge is -2.34. The molecule has 0 amide bonds. The van der Waals surface area contributed by atoms with Crippen LogP contribution in [0.4, 0.5) is 18.9 Å². The molecule has 8 heteroatoms. The van der Waals surface area contributed by atoms with Gasteiger partial charge in [0.15, 0.2) is 5.75 Å². The van der Waals surface area contributed by atoms with Crippen molar-refractivity contribution in [2.24, 2.45) is 4.99 Å². The minimum Gasteiger partial charge on any atom is -0.497 e. The Bertz CT molecular complexity index is 927. The van der Waals surface area contributed by atoms with E-state index in [9.17, 15) is 13.2 Å². The van der Waals surface area contributed by atoms with Crippen molar-refractivity contribution in [1.82, 2.24) is 10.2 Å². The van der Waals surface area contributed by atoms with Gasteiger partial charge in [0.25, 0.3) is 0 Å². The number of hydrogen-bond donors (Lipinski definition) is 1. The first-order valence-corrected chi connectivity index (χ1v) is 8.99. The number of nitrogens with one attached hydrogen (secondary N) is 1. The maximum Gasteiger partial charge on any atom is 0.416 e. The predicted molar refractivity (Wildman–Crippen MR) is 99.7 cm³/mol. The Labute approximate surface area is 160 Å². The highest BCUT2D eigenvalue weighted by Crippen LogP contribution is 2.42. The van der Waals surface area contributed by atoms with Gasteiger partial charge in [0.2, 0.25) is 0 Å². The number of alkyl halides is 3. The molecule has 5 nitrogen and oxygen atoms in total. The normalized spacial score (nSPS) is 19.1. The highest BCUT2D eigenvalue weighted by Gasteiger charge is 2.32. The summed E-state index contributed by atoms with van der Waals surface area (Å²) in [6.07, 6.45) is -4.45. The second kappa shape index (κ2) is 7.01. The molecule has 0 aromatic heterocycles. The monoisotopic (exact) mass is 391 g/mol. The van der Waals surface area contributed by atoms with Crippen LogP contribution in [0.1, 0.15) is 18.1 Å². The molecule has 0 bridgehead atoms. The van der Waals surface area contributed by atoms with Crippen molar-refractivity contribution < 1.29 is 22.6 Å².